The number of halogens is 1. The molecule has 0 aliphatic carbocycles. The fraction of sp³-hybridized carbons (Fsp3) is 0.0625. The van der Waals surface area contributed by atoms with Crippen LogP contribution in [0.5, 0.6) is 0 Å². The Hall–Kier alpha value is -3.22. The van der Waals surface area contributed by atoms with Crippen molar-refractivity contribution in [2.45, 2.75) is 0 Å². The van der Waals surface area contributed by atoms with Gasteiger partial charge in [-0.25, -0.2) is 9.18 Å². The maximum atomic E-state index is 13.1. The van der Waals surface area contributed by atoms with Crippen molar-refractivity contribution in [1.82, 2.24) is 14.3 Å². The summed E-state index contributed by atoms with van der Waals surface area (Å²) in [7, 11) is 1.73. The van der Waals surface area contributed by atoms with Crippen molar-refractivity contribution in [2.24, 2.45) is 7.05 Å². The summed E-state index contributed by atoms with van der Waals surface area (Å²) in [6.45, 7) is 0. The summed E-state index contributed by atoms with van der Waals surface area (Å²) in [4.78, 5) is 23.7. The zero-order valence-corrected chi connectivity index (χ0v) is 12.1. The average Bonchev–Trinajstić information content (AvgIpc) is 2.95. The molecule has 0 aliphatic heterocycles. The second-order valence-electron chi connectivity index (χ2n) is 4.98. The molecule has 0 radical (unpaired) electrons. The number of aryl methyl sites for hydroxylation is 1. The number of aromatic nitrogens is 3. The van der Waals surface area contributed by atoms with Crippen molar-refractivity contribution in [3.8, 4) is 16.9 Å². The minimum Gasteiger partial charge on any atom is -0.477 e. The van der Waals surface area contributed by atoms with Gasteiger partial charge in [-0.3, -0.25) is 9.48 Å². The standard InChI is InChI=1S/C16H12FN3O3/c1-19-7-6-14(18-19)20-8-12(10-2-4-11(17)5-3-10)15(21)13(9-20)16(22)23/h2-9H,1H3,(H,22,23). The van der Waals surface area contributed by atoms with Crippen molar-refractivity contribution >= 4 is 5.97 Å². The SMILES string of the molecule is Cn1ccc(-n2cc(C(=O)O)c(=O)c(-c3ccc(F)cc3)c2)n1. The van der Waals surface area contributed by atoms with Crippen molar-refractivity contribution in [3.05, 3.63) is 70.5 Å². The number of nitrogens with zero attached hydrogens (tertiary/aromatic N) is 3. The third kappa shape index (κ3) is 2.76. The van der Waals surface area contributed by atoms with Crippen LogP contribution >= 0.6 is 0 Å². The summed E-state index contributed by atoms with van der Waals surface area (Å²) in [5.74, 6) is -1.30. The summed E-state index contributed by atoms with van der Waals surface area (Å²) in [5, 5.41) is 13.4. The molecule has 1 N–H and O–H groups in total. The predicted octanol–water partition coefficient (Wildman–Crippen LogP) is 2.08. The molecule has 3 rings (SSSR count). The molecule has 0 fully saturated rings. The normalized spacial score (nSPS) is 10.7. The summed E-state index contributed by atoms with van der Waals surface area (Å²) in [6, 6.07) is 6.98. The van der Waals surface area contributed by atoms with Crippen LogP contribution in [0.1, 0.15) is 10.4 Å². The Balaban J connectivity index is 2.26. The third-order valence-corrected chi connectivity index (χ3v) is 3.38. The molecule has 3 aromatic rings. The first kappa shape index (κ1) is 14.7. The molecule has 23 heavy (non-hydrogen) atoms. The van der Waals surface area contributed by atoms with Gasteiger partial charge in [0.05, 0.1) is 0 Å². The van der Waals surface area contributed by atoms with Crippen LogP contribution in [0.3, 0.4) is 0 Å². The van der Waals surface area contributed by atoms with Crippen molar-refractivity contribution in [2.75, 3.05) is 0 Å². The molecule has 0 saturated heterocycles. The van der Waals surface area contributed by atoms with Crippen LogP contribution in [-0.2, 0) is 7.05 Å². The second kappa shape index (κ2) is 5.53. The van der Waals surface area contributed by atoms with E-state index in [1.807, 2.05) is 0 Å². The molecule has 0 unspecified atom stereocenters. The Bertz CT molecular complexity index is 942. The maximum Gasteiger partial charge on any atom is 0.341 e. The smallest absolute Gasteiger partial charge is 0.341 e. The van der Waals surface area contributed by atoms with E-state index < -0.39 is 17.2 Å². The molecule has 116 valence electrons. The lowest BCUT2D eigenvalue weighted by Crippen LogP contribution is -2.19. The molecule has 0 amide bonds. The number of hydrogen-bond acceptors (Lipinski definition) is 3. The van der Waals surface area contributed by atoms with Gasteiger partial charge in [0.25, 0.3) is 0 Å². The summed E-state index contributed by atoms with van der Waals surface area (Å²) in [6.07, 6.45) is 4.41. The molecular weight excluding hydrogens is 301 g/mol. The lowest BCUT2D eigenvalue weighted by atomic mass is 10.0. The highest BCUT2D eigenvalue weighted by Gasteiger charge is 2.16. The number of pyridine rings is 1. The monoisotopic (exact) mass is 313 g/mol. The number of rotatable bonds is 3. The predicted molar refractivity (Wildman–Crippen MR) is 81.2 cm³/mol. The van der Waals surface area contributed by atoms with E-state index in [0.717, 1.165) is 0 Å². The van der Waals surface area contributed by atoms with Crippen LogP contribution in [0, 0.1) is 5.82 Å². The van der Waals surface area contributed by atoms with Crippen LogP contribution < -0.4 is 5.43 Å². The molecule has 6 nitrogen and oxygen atoms in total. The highest BCUT2D eigenvalue weighted by atomic mass is 19.1. The van der Waals surface area contributed by atoms with Crippen LogP contribution in [-0.4, -0.2) is 25.4 Å². The van der Waals surface area contributed by atoms with Gasteiger partial charge < -0.3 is 9.67 Å². The molecule has 2 heterocycles. The van der Waals surface area contributed by atoms with Crippen LogP contribution in [0.15, 0.2) is 53.7 Å². The number of hydrogen-bond donors (Lipinski definition) is 1. The number of carboxylic acids is 1. The minimum atomic E-state index is -1.33. The van der Waals surface area contributed by atoms with Crippen molar-refractivity contribution in [3.63, 3.8) is 0 Å². The van der Waals surface area contributed by atoms with Crippen LogP contribution in [0.25, 0.3) is 16.9 Å². The molecule has 0 atom stereocenters. The minimum absolute atomic E-state index is 0.163. The van der Waals surface area contributed by atoms with Gasteiger partial charge in [-0.15, -0.1) is 0 Å². The van der Waals surface area contributed by atoms with E-state index in [4.69, 9.17) is 0 Å². The quantitative estimate of drug-likeness (QED) is 0.803. The zero-order chi connectivity index (χ0) is 16.6. The van der Waals surface area contributed by atoms with E-state index >= 15 is 0 Å². The molecular formula is C16H12FN3O3. The maximum absolute atomic E-state index is 13.1. The average molecular weight is 313 g/mol. The van der Waals surface area contributed by atoms with E-state index in [-0.39, 0.29) is 11.1 Å². The van der Waals surface area contributed by atoms with E-state index in [1.165, 1.54) is 41.2 Å². The third-order valence-electron chi connectivity index (χ3n) is 3.38. The largest absolute Gasteiger partial charge is 0.477 e. The van der Waals surface area contributed by atoms with Gasteiger partial charge in [0.2, 0.25) is 5.43 Å². The van der Waals surface area contributed by atoms with Gasteiger partial charge in [0.1, 0.15) is 11.4 Å². The fourth-order valence-electron chi connectivity index (χ4n) is 2.24. The van der Waals surface area contributed by atoms with Gasteiger partial charge in [-0.05, 0) is 17.7 Å². The summed E-state index contributed by atoms with van der Waals surface area (Å²) < 4.78 is 16.1. The lowest BCUT2D eigenvalue weighted by Gasteiger charge is -2.08. The number of carboxylic acid groups (broad SMARTS) is 1. The first-order chi connectivity index (χ1) is 11.0. The Labute approximate surface area is 130 Å². The van der Waals surface area contributed by atoms with Gasteiger partial charge >= 0.3 is 5.97 Å². The lowest BCUT2D eigenvalue weighted by molar-refractivity contribution is 0.0695. The second-order valence-corrected chi connectivity index (χ2v) is 4.98. The molecule has 1 aromatic carbocycles. The zero-order valence-electron chi connectivity index (χ0n) is 12.1. The first-order valence-electron chi connectivity index (χ1n) is 6.71. The van der Waals surface area contributed by atoms with E-state index in [1.54, 1.807) is 24.0 Å². The van der Waals surface area contributed by atoms with Crippen molar-refractivity contribution < 1.29 is 14.3 Å². The highest BCUT2D eigenvalue weighted by Crippen LogP contribution is 2.18. The molecule has 0 aliphatic rings. The number of benzene rings is 1. The van der Waals surface area contributed by atoms with E-state index in [0.29, 0.717) is 11.4 Å². The fourth-order valence-corrected chi connectivity index (χ4v) is 2.24. The molecule has 0 saturated carbocycles. The molecule has 0 bridgehead atoms. The Morgan fingerprint density at radius 1 is 1.17 bits per heavy atom. The summed E-state index contributed by atoms with van der Waals surface area (Å²) >= 11 is 0. The first-order valence-corrected chi connectivity index (χ1v) is 6.71. The Morgan fingerprint density at radius 3 is 2.43 bits per heavy atom. The molecule has 2 aromatic heterocycles. The van der Waals surface area contributed by atoms with Gasteiger partial charge in [0.15, 0.2) is 5.82 Å². The summed E-state index contributed by atoms with van der Waals surface area (Å²) in [5.41, 5.74) is -0.409. The Kier molecular flexibility index (Phi) is 3.53. The van der Waals surface area contributed by atoms with Crippen molar-refractivity contribution in [1.29, 1.82) is 0 Å². The topological polar surface area (TPSA) is 77.1 Å². The molecule has 7 heteroatoms. The Morgan fingerprint density at radius 2 is 1.87 bits per heavy atom. The number of carbonyl (C=O) groups is 1. The van der Waals surface area contributed by atoms with Gasteiger partial charge in [0, 0.05) is 37.3 Å². The van der Waals surface area contributed by atoms with E-state index in [9.17, 15) is 19.1 Å². The van der Waals surface area contributed by atoms with Crippen LogP contribution in [0.4, 0.5) is 4.39 Å². The van der Waals surface area contributed by atoms with E-state index in [2.05, 4.69) is 5.10 Å². The highest BCUT2D eigenvalue weighted by molar-refractivity contribution is 5.89. The van der Waals surface area contributed by atoms with Gasteiger partial charge in [-0.2, -0.15) is 5.10 Å². The van der Waals surface area contributed by atoms with Crippen LogP contribution in [0.2, 0.25) is 0 Å². The molecule has 0 spiro atoms. The number of aromatic carboxylic acids is 1. The van der Waals surface area contributed by atoms with Gasteiger partial charge in [-0.1, -0.05) is 12.1 Å².